The molecule has 2 aromatic carbocycles. The van der Waals surface area contributed by atoms with Crippen LogP contribution in [-0.2, 0) is 4.79 Å². The Balaban J connectivity index is 1.46. The Morgan fingerprint density at radius 3 is 2.44 bits per heavy atom. The average molecular weight is 461 g/mol. The van der Waals surface area contributed by atoms with Gasteiger partial charge in [-0.1, -0.05) is 32.0 Å². The molecule has 1 aliphatic rings. The highest BCUT2D eigenvalue weighted by atomic mass is 16.4. The normalized spacial score (nSPS) is 15.5. The first kappa shape index (κ1) is 23.2. The molecule has 1 aromatic heterocycles. The number of likely N-dealkylation sites (tertiary alicyclic amines) is 1. The van der Waals surface area contributed by atoms with Gasteiger partial charge in [-0.25, -0.2) is 14.6 Å². The molecule has 0 saturated carbocycles. The lowest BCUT2D eigenvalue weighted by atomic mass is 10.0. The van der Waals surface area contributed by atoms with Crippen molar-refractivity contribution in [3.63, 3.8) is 0 Å². The monoisotopic (exact) mass is 460 g/mol. The molecule has 2 heterocycles. The van der Waals surface area contributed by atoms with Crippen LogP contribution in [0.4, 0.5) is 16.2 Å². The van der Waals surface area contributed by atoms with E-state index in [0.29, 0.717) is 35.8 Å². The van der Waals surface area contributed by atoms with Gasteiger partial charge in [0.2, 0.25) is 5.91 Å². The van der Waals surface area contributed by atoms with Gasteiger partial charge in [-0.15, -0.1) is 0 Å². The second-order valence-electron chi connectivity index (χ2n) is 8.91. The van der Waals surface area contributed by atoms with Gasteiger partial charge in [-0.05, 0) is 67.1 Å². The van der Waals surface area contributed by atoms with Crippen molar-refractivity contribution < 1.29 is 19.5 Å². The molecule has 3 aromatic rings. The second-order valence-corrected chi connectivity index (χ2v) is 8.91. The first-order valence-corrected chi connectivity index (χ1v) is 11.4. The minimum absolute atomic E-state index is 0.0289. The number of carboxylic acid groups (broad SMARTS) is 1. The van der Waals surface area contributed by atoms with Crippen molar-refractivity contribution >= 4 is 40.2 Å². The van der Waals surface area contributed by atoms with Gasteiger partial charge in [0.05, 0.1) is 5.52 Å². The molecule has 34 heavy (non-hydrogen) atoms. The van der Waals surface area contributed by atoms with E-state index in [9.17, 15) is 14.4 Å². The largest absolute Gasteiger partial charge is 0.477 e. The van der Waals surface area contributed by atoms with E-state index in [2.05, 4.69) is 29.5 Å². The maximum Gasteiger partial charge on any atom is 0.354 e. The number of aryl methyl sites for hydroxylation is 1. The highest BCUT2D eigenvalue weighted by molar-refractivity contribution is 6.01. The number of aromatic carboxylic acids is 1. The lowest BCUT2D eigenvalue weighted by molar-refractivity contribution is -0.119. The van der Waals surface area contributed by atoms with E-state index in [1.54, 1.807) is 23.1 Å². The van der Waals surface area contributed by atoms with E-state index in [-0.39, 0.29) is 17.6 Å². The molecule has 3 N–H and O–H groups in total. The van der Waals surface area contributed by atoms with Crippen molar-refractivity contribution in [1.82, 2.24) is 9.88 Å². The number of pyridine rings is 1. The fraction of sp³-hybridized carbons (Fsp3) is 0.308. The lowest BCUT2D eigenvalue weighted by Gasteiger charge is -2.24. The van der Waals surface area contributed by atoms with Crippen molar-refractivity contribution in [3.05, 3.63) is 65.4 Å². The predicted molar refractivity (Wildman–Crippen MR) is 131 cm³/mol. The summed E-state index contributed by atoms with van der Waals surface area (Å²) in [7, 11) is 0. The van der Waals surface area contributed by atoms with Gasteiger partial charge in [0, 0.05) is 23.3 Å². The van der Waals surface area contributed by atoms with Crippen LogP contribution in [0.25, 0.3) is 10.9 Å². The number of urea groups is 1. The molecule has 8 heteroatoms. The quantitative estimate of drug-likeness (QED) is 0.496. The van der Waals surface area contributed by atoms with Crippen LogP contribution in [0.1, 0.15) is 54.2 Å². The predicted octanol–water partition coefficient (Wildman–Crippen LogP) is 5.00. The van der Waals surface area contributed by atoms with Crippen LogP contribution in [0.15, 0.2) is 48.5 Å². The van der Waals surface area contributed by atoms with Gasteiger partial charge in [0.25, 0.3) is 0 Å². The summed E-state index contributed by atoms with van der Waals surface area (Å²) < 4.78 is 0. The number of carboxylic acids is 1. The Morgan fingerprint density at radius 2 is 1.76 bits per heavy atom. The summed E-state index contributed by atoms with van der Waals surface area (Å²) in [5.41, 5.74) is 3.76. The zero-order chi connectivity index (χ0) is 24.4. The molecule has 4 rings (SSSR count). The molecular weight excluding hydrogens is 432 g/mol. The fourth-order valence-electron chi connectivity index (χ4n) is 4.26. The van der Waals surface area contributed by atoms with Crippen molar-refractivity contribution in [2.24, 2.45) is 0 Å². The zero-order valence-electron chi connectivity index (χ0n) is 19.5. The fourth-order valence-corrected chi connectivity index (χ4v) is 4.26. The van der Waals surface area contributed by atoms with Crippen LogP contribution in [0.3, 0.4) is 0 Å². The lowest BCUT2D eigenvalue weighted by Crippen LogP contribution is -2.45. The first-order chi connectivity index (χ1) is 16.2. The summed E-state index contributed by atoms with van der Waals surface area (Å²) >= 11 is 0. The number of carbonyl (C=O) groups excluding carboxylic acids is 2. The first-order valence-electron chi connectivity index (χ1n) is 11.4. The highest BCUT2D eigenvalue weighted by Gasteiger charge is 2.34. The van der Waals surface area contributed by atoms with Crippen molar-refractivity contribution in [2.75, 3.05) is 17.2 Å². The van der Waals surface area contributed by atoms with Crippen molar-refractivity contribution in [3.8, 4) is 0 Å². The van der Waals surface area contributed by atoms with Crippen molar-refractivity contribution in [1.29, 1.82) is 0 Å². The molecule has 0 unspecified atom stereocenters. The molecule has 3 amide bonds. The average Bonchev–Trinajstić information content (AvgIpc) is 3.29. The number of hydrogen-bond donors (Lipinski definition) is 3. The van der Waals surface area contributed by atoms with Crippen LogP contribution in [0.2, 0.25) is 0 Å². The summed E-state index contributed by atoms with van der Waals surface area (Å²) in [6.45, 7) is 6.55. The minimum atomic E-state index is -1.09. The zero-order valence-corrected chi connectivity index (χ0v) is 19.5. The van der Waals surface area contributed by atoms with Gasteiger partial charge in [0.1, 0.15) is 11.7 Å². The number of anilines is 2. The van der Waals surface area contributed by atoms with Gasteiger partial charge >= 0.3 is 12.0 Å². The number of fused-ring (bicyclic) bond motifs is 1. The Bertz CT molecular complexity index is 1250. The minimum Gasteiger partial charge on any atom is -0.477 e. The third-order valence-electron chi connectivity index (χ3n) is 6.11. The van der Waals surface area contributed by atoms with Crippen LogP contribution in [0.5, 0.6) is 0 Å². The summed E-state index contributed by atoms with van der Waals surface area (Å²) in [6.07, 6.45) is 1.33. The summed E-state index contributed by atoms with van der Waals surface area (Å²) in [6, 6.07) is 13.5. The standard InChI is InChI=1S/C26H28N4O4/c1-15(2)17-6-9-19(10-7-17)28-26(34)30-12-4-5-22(30)24(31)27-20-13-16(3)23-18(14-20)8-11-21(29-23)25(32)33/h6-11,13-15,22H,4-5,12H2,1-3H3,(H,27,31)(H,28,34)(H,32,33)/t22-/m0/s1. The van der Waals surface area contributed by atoms with Crippen LogP contribution < -0.4 is 10.6 Å². The smallest absolute Gasteiger partial charge is 0.354 e. The number of carbonyl (C=O) groups is 3. The Hall–Kier alpha value is -3.94. The maximum absolute atomic E-state index is 13.1. The maximum atomic E-state index is 13.1. The van der Waals surface area contributed by atoms with Crippen LogP contribution in [-0.4, -0.2) is 45.5 Å². The van der Waals surface area contributed by atoms with Crippen LogP contribution >= 0.6 is 0 Å². The summed E-state index contributed by atoms with van der Waals surface area (Å²) in [5.74, 6) is -0.934. The molecule has 0 radical (unpaired) electrons. The topological polar surface area (TPSA) is 112 Å². The molecular formula is C26H28N4O4. The van der Waals surface area contributed by atoms with E-state index >= 15 is 0 Å². The Kier molecular flexibility index (Phi) is 6.49. The van der Waals surface area contributed by atoms with E-state index in [1.807, 2.05) is 31.2 Å². The number of nitrogens with zero attached hydrogens (tertiary/aromatic N) is 2. The molecule has 1 aliphatic heterocycles. The number of nitrogens with one attached hydrogen (secondary N) is 2. The Morgan fingerprint density at radius 1 is 1.03 bits per heavy atom. The SMILES string of the molecule is Cc1cc(NC(=O)[C@@H]2CCCN2C(=O)Nc2ccc(C(C)C)cc2)cc2ccc(C(=O)O)nc12. The molecule has 8 nitrogen and oxygen atoms in total. The van der Waals surface area contributed by atoms with Crippen LogP contribution in [0, 0.1) is 6.92 Å². The molecule has 1 saturated heterocycles. The molecule has 176 valence electrons. The summed E-state index contributed by atoms with van der Waals surface area (Å²) in [4.78, 5) is 42.9. The van der Waals surface area contributed by atoms with E-state index < -0.39 is 12.0 Å². The number of amides is 3. The van der Waals surface area contributed by atoms with Gasteiger partial charge in [-0.2, -0.15) is 0 Å². The second kappa shape index (κ2) is 9.51. The van der Waals surface area contributed by atoms with Gasteiger partial charge in [0.15, 0.2) is 0 Å². The highest BCUT2D eigenvalue weighted by Crippen LogP contribution is 2.25. The van der Waals surface area contributed by atoms with E-state index in [4.69, 9.17) is 5.11 Å². The third kappa shape index (κ3) is 4.85. The third-order valence-corrected chi connectivity index (χ3v) is 6.11. The number of benzene rings is 2. The van der Waals surface area contributed by atoms with E-state index in [0.717, 1.165) is 17.4 Å². The van der Waals surface area contributed by atoms with Gasteiger partial charge < -0.3 is 20.6 Å². The van der Waals surface area contributed by atoms with E-state index in [1.165, 1.54) is 11.6 Å². The molecule has 0 aliphatic carbocycles. The Labute approximate surface area is 198 Å². The molecule has 1 fully saturated rings. The number of rotatable bonds is 5. The van der Waals surface area contributed by atoms with Crippen molar-refractivity contribution in [2.45, 2.75) is 45.6 Å². The van der Waals surface area contributed by atoms with Gasteiger partial charge in [-0.3, -0.25) is 4.79 Å². The molecule has 0 bridgehead atoms. The summed E-state index contributed by atoms with van der Waals surface area (Å²) in [5, 5.41) is 15.7. The molecule has 0 spiro atoms. The number of aromatic nitrogens is 1. The number of hydrogen-bond acceptors (Lipinski definition) is 4. The molecule has 1 atom stereocenters.